The zero-order chi connectivity index (χ0) is 18.6. The molecule has 1 fully saturated rings. The maximum Gasteiger partial charge on any atom is 0.296 e. The van der Waals surface area contributed by atoms with Gasteiger partial charge < -0.3 is 9.94 Å². The highest BCUT2D eigenvalue weighted by Gasteiger charge is 2.35. The van der Waals surface area contributed by atoms with E-state index in [0.717, 1.165) is 21.6 Å². The molecule has 0 bridgehead atoms. The van der Waals surface area contributed by atoms with E-state index < -0.39 is 15.9 Å². The Morgan fingerprint density at radius 1 is 1.12 bits per heavy atom. The molecule has 7 nitrogen and oxygen atoms in total. The van der Waals surface area contributed by atoms with Crippen molar-refractivity contribution in [2.75, 3.05) is 12.3 Å². The summed E-state index contributed by atoms with van der Waals surface area (Å²) in [6.07, 6.45) is 0. The molecule has 1 heterocycles. The van der Waals surface area contributed by atoms with E-state index in [1.807, 2.05) is 30.3 Å². The van der Waals surface area contributed by atoms with Crippen molar-refractivity contribution < 1.29 is 23.2 Å². The van der Waals surface area contributed by atoms with Crippen molar-refractivity contribution in [3.05, 3.63) is 60.2 Å². The van der Waals surface area contributed by atoms with Gasteiger partial charge in [-0.05, 0) is 29.8 Å². The molecule has 0 radical (unpaired) electrons. The van der Waals surface area contributed by atoms with Crippen LogP contribution in [0.4, 0.5) is 0 Å². The molecule has 0 aliphatic carbocycles. The number of ether oxygens (including phenoxy) is 1. The summed E-state index contributed by atoms with van der Waals surface area (Å²) in [4.78, 5) is 12.1. The fraction of sp³-hybridized carbons (Fsp3) is 0.176. The Bertz CT molecular complexity index is 912. The van der Waals surface area contributed by atoms with Gasteiger partial charge in [-0.1, -0.05) is 47.2 Å². The molecule has 0 atom stereocenters. The topological polar surface area (TPSA) is 96.3 Å². The van der Waals surface area contributed by atoms with Gasteiger partial charge in [-0.3, -0.25) is 4.79 Å². The Hall–Kier alpha value is -2.52. The van der Waals surface area contributed by atoms with Crippen LogP contribution >= 0.6 is 11.8 Å². The third-order valence-electron chi connectivity index (χ3n) is 3.69. The second-order valence-corrected chi connectivity index (χ2v) is 8.33. The second kappa shape index (κ2) is 7.79. The van der Waals surface area contributed by atoms with Gasteiger partial charge in [0.15, 0.2) is 0 Å². The number of rotatable bonds is 5. The molecule has 0 aromatic heterocycles. The van der Waals surface area contributed by atoms with Crippen molar-refractivity contribution in [2.45, 2.75) is 11.5 Å². The van der Waals surface area contributed by atoms with Crippen LogP contribution in [0.5, 0.6) is 5.75 Å². The minimum atomic E-state index is -4.02. The van der Waals surface area contributed by atoms with Crippen LogP contribution in [-0.2, 0) is 21.4 Å². The van der Waals surface area contributed by atoms with Gasteiger partial charge in [0.25, 0.3) is 15.9 Å². The molecule has 1 aliphatic rings. The molecule has 1 N–H and O–H groups in total. The lowest BCUT2D eigenvalue weighted by atomic mass is 10.2. The molecule has 3 rings (SSSR count). The molecule has 136 valence electrons. The predicted octanol–water partition coefficient (Wildman–Crippen LogP) is 2.32. The van der Waals surface area contributed by atoms with Crippen LogP contribution in [0, 0.1) is 0 Å². The number of carbonyl (C=O) groups excluding carboxylic acids is 1. The lowest BCUT2D eigenvalue weighted by Crippen LogP contribution is -2.45. The first kappa shape index (κ1) is 18.3. The molecule has 1 saturated heterocycles. The Morgan fingerprint density at radius 3 is 2.46 bits per heavy atom. The first-order valence-corrected chi connectivity index (χ1v) is 10.1. The van der Waals surface area contributed by atoms with Crippen LogP contribution in [0.15, 0.2) is 64.6 Å². The van der Waals surface area contributed by atoms with Crippen LogP contribution in [0.3, 0.4) is 0 Å². The normalized spacial score (nSPS) is 16.7. The van der Waals surface area contributed by atoms with Crippen molar-refractivity contribution in [3.63, 3.8) is 0 Å². The molecule has 1 amide bonds. The number of hydrogen-bond donors (Lipinski definition) is 1. The maximum absolute atomic E-state index is 12.7. The Labute approximate surface area is 155 Å². The Morgan fingerprint density at radius 2 is 1.81 bits per heavy atom. The van der Waals surface area contributed by atoms with Crippen molar-refractivity contribution in [2.24, 2.45) is 5.16 Å². The molecule has 0 spiro atoms. The van der Waals surface area contributed by atoms with Crippen LogP contribution in [0.25, 0.3) is 0 Å². The van der Waals surface area contributed by atoms with E-state index in [4.69, 9.17) is 9.94 Å². The standard InChI is InChI=1S/C17H16N2O5S2/c20-17-16(18-21)25-11-10-19(17)26(22,23)15-8-6-14(7-9-15)24-12-13-4-2-1-3-5-13/h1-9,21H,10-12H2. The first-order valence-electron chi connectivity index (χ1n) is 7.71. The van der Waals surface area contributed by atoms with Crippen molar-refractivity contribution in [3.8, 4) is 5.75 Å². The average Bonchev–Trinajstić information content (AvgIpc) is 2.67. The van der Waals surface area contributed by atoms with Gasteiger partial charge in [-0.25, -0.2) is 12.7 Å². The SMILES string of the molecule is O=C1C(=NO)SCCN1S(=O)(=O)c1ccc(OCc2ccccc2)cc1. The summed E-state index contributed by atoms with van der Waals surface area (Å²) in [5, 5.41) is 11.4. The van der Waals surface area contributed by atoms with Crippen molar-refractivity contribution >= 4 is 32.7 Å². The van der Waals surface area contributed by atoms with Gasteiger partial charge in [-0.2, -0.15) is 0 Å². The number of hydrogen-bond acceptors (Lipinski definition) is 7. The van der Waals surface area contributed by atoms with Gasteiger partial charge >= 0.3 is 0 Å². The highest BCUT2D eigenvalue weighted by atomic mass is 32.2. The van der Waals surface area contributed by atoms with Crippen LogP contribution in [0.1, 0.15) is 5.56 Å². The number of nitrogens with zero attached hydrogens (tertiary/aromatic N) is 2. The highest BCUT2D eigenvalue weighted by molar-refractivity contribution is 8.16. The van der Waals surface area contributed by atoms with Crippen molar-refractivity contribution in [1.29, 1.82) is 0 Å². The smallest absolute Gasteiger partial charge is 0.296 e. The fourth-order valence-corrected chi connectivity index (χ4v) is 4.68. The highest BCUT2D eigenvalue weighted by Crippen LogP contribution is 2.24. The minimum absolute atomic E-state index is 0.0249. The third-order valence-corrected chi connectivity index (χ3v) is 6.41. The molecule has 2 aromatic rings. The predicted molar refractivity (Wildman–Crippen MR) is 97.8 cm³/mol. The molecule has 9 heteroatoms. The van der Waals surface area contributed by atoms with E-state index in [2.05, 4.69) is 5.16 Å². The van der Waals surface area contributed by atoms with Gasteiger partial charge in [0.05, 0.1) is 4.90 Å². The minimum Gasteiger partial charge on any atom is -0.489 e. The third kappa shape index (κ3) is 3.83. The summed E-state index contributed by atoms with van der Waals surface area (Å²) in [5.41, 5.74) is 0.997. The van der Waals surface area contributed by atoms with Crippen LogP contribution < -0.4 is 4.74 Å². The monoisotopic (exact) mass is 392 g/mol. The molecule has 0 saturated carbocycles. The number of carbonyl (C=O) groups is 1. The summed E-state index contributed by atoms with van der Waals surface area (Å²) < 4.78 is 31.7. The molecule has 2 aromatic carbocycles. The van der Waals surface area contributed by atoms with E-state index in [-0.39, 0.29) is 16.5 Å². The lowest BCUT2D eigenvalue weighted by molar-refractivity contribution is -0.119. The zero-order valence-electron chi connectivity index (χ0n) is 13.6. The average molecular weight is 392 g/mol. The van der Waals surface area contributed by atoms with Gasteiger partial charge in [0.2, 0.25) is 5.04 Å². The Kier molecular flexibility index (Phi) is 5.48. The summed E-state index contributed by atoms with van der Waals surface area (Å²) in [7, 11) is -4.02. The molecule has 0 unspecified atom stereocenters. The summed E-state index contributed by atoms with van der Waals surface area (Å²) in [5.74, 6) is 0.0296. The van der Waals surface area contributed by atoms with Gasteiger partial charge in [0, 0.05) is 12.3 Å². The largest absolute Gasteiger partial charge is 0.489 e. The van der Waals surface area contributed by atoms with E-state index in [1.165, 1.54) is 12.1 Å². The summed E-state index contributed by atoms with van der Waals surface area (Å²) in [6.45, 7) is 0.391. The van der Waals surface area contributed by atoms with Crippen molar-refractivity contribution in [1.82, 2.24) is 4.31 Å². The summed E-state index contributed by atoms with van der Waals surface area (Å²) in [6, 6.07) is 15.5. The number of sulfonamides is 1. The molecular formula is C17H16N2O5S2. The van der Waals surface area contributed by atoms with Gasteiger partial charge in [0.1, 0.15) is 12.4 Å². The van der Waals surface area contributed by atoms with E-state index >= 15 is 0 Å². The number of oxime groups is 1. The first-order chi connectivity index (χ1) is 12.5. The second-order valence-electron chi connectivity index (χ2n) is 5.38. The van der Waals surface area contributed by atoms with Crippen LogP contribution in [-0.4, -0.2) is 41.2 Å². The van der Waals surface area contributed by atoms with Crippen LogP contribution in [0.2, 0.25) is 0 Å². The van der Waals surface area contributed by atoms with Gasteiger partial charge in [-0.15, -0.1) is 0 Å². The summed E-state index contributed by atoms with van der Waals surface area (Å²) >= 11 is 1.02. The maximum atomic E-state index is 12.7. The molecule has 26 heavy (non-hydrogen) atoms. The zero-order valence-corrected chi connectivity index (χ0v) is 15.2. The Balaban J connectivity index is 1.74. The van der Waals surface area contributed by atoms with E-state index in [0.29, 0.717) is 18.1 Å². The fourth-order valence-electron chi connectivity index (χ4n) is 2.37. The van der Waals surface area contributed by atoms with E-state index in [1.54, 1.807) is 12.1 Å². The number of thioether (sulfide) groups is 1. The molecule has 1 aliphatic heterocycles. The number of benzene rings is 2. The number of amides is 1. The van der Waals surface area contributed by atoms with E-state index in [9.17, 15) is 13.2 Å². The molecular weight excluding hydrogens is 376 g/mol. The quantitative estimate of drug-likeness (QED) is 0.620. The lowest BCUT2D eigenvalue weighted by Gasteiger charge is -2.25.